The second-order valence-corrected chi connectivity index (χ2v) is 4.28. The SMILES string of the molecule is NN(Cl)c1ccc(S(N)(=O)=O)cc1. The van der Waals surface area contributed by atoms with E-state index in [0.29, 0.717) is 5.69 Å². The first-order chi connectivity index (χ1) is 5.91. The van der Waals surface area contributed by atoms with Gasteiger partial charge in [-0.3, -0.25) is 0 Å². The van der Waals surface area contributed by atoms with Crippen LogP contribution in [0.25, 0.3) is 0 Å². The average Bonchev–Trinajstić information content (AvgIpc) is 2.03. The minimum absolute atomic E-state index is 0.0229. The topological polar surface area (TPSA) is 89.4 Å². The first-order valence-corrected chi connectivity index (χ1v) is 5.13. The fourth-order valence-electron chi connectivity index (χ4n) is 0.778. The molecular weight excluding hydrogens is 214 g/mol. The highest BCUT2D eigenvalue weighted by Gasteiger charge is 2.07. The van der Waals surface area contributed by atoms with E-state index in [-0.39, 0.29) is 4.90 Å². The number of rotatable bonds is 2. The Morgan fingerprint density at radius 3 is 2.00 bits per heavy atom. The lowest BCUT2D eigenvalue weighted by atomic mass is 10.3. The Labute approximate surface area is 81.0 Å². The molecule has 0 aromatic heterocycles. The van der Waals surface area contributed by atoms with E-state index >= 15 is 0 Å². The number of halogens is 1. The second-order valence-electron chi connectivity index (χ2n) is 2.35. The zero-order chi connectivity index (χ0) is 10.1. The zero-order valence-electron chi connectivity index (χ0n) is 6.51. The van der Waals surface area contributed by atoms with Gasteiger partial charge in [-0.1, -0.05) is 0 Å². The lowest BCUT2D eigenvalue weighted by Crippen LogP contribution is -2.18. The van der Waals surface area contributed by atoms with Crippen LogP contribution in [-0.2, 0) is 10.0 Å². The number of hydrogen-bond acceptors (Lipinski definition) is 4. The molecule has 0 saturated carbocycles. The summed E-state index contributed by atoms with van der Waals surface area (Å²) in [6, 6.07) is 5.55. The molecule has 0 bridgehead atoms. The summed E-state index contributed by atoms with van der Waals surface area (Å²) >= 11 is 5.40. The van der Waals surface area contributed by atoms with Crippen molar-refractivity contribution in [3.63, 3.8) is 0 Å². The summed E-state index contributed by atoms with van der Waals surface area (Å²) in [7, 11) is -3.65. The predicted molar refractivity (Wildman–Crippen MR) is 50.3 cm³/mol. The molecule has 0 heterocycles. The number of primary sulfonamides is 1. The molecule has 0 atom stereocenters. The van der Waals surface area contributed by atoms with Gasteiger partial charge in [0.25, 0.3) is 0 Å². The molecule has 0 spiro atoms. The molecule has 13 heavy (non-hydrogen) atoms. The number of hydrogen-bond donors (Lipinski definition) is 2. The molecule has 0 fully saturated rings. The van der Waals surface area contributed by atoms with E-state index in [1.54, 1.807) is 0 Å². The maximum atomic E-state index is 10.8. The Morgan fingerprint density at radius 1 is 1.23 bits per heavy atom. The maximum absolute atomic E-state index is 10.8. The first-order valence-electron chi connectivity index (χ1n) is 3.25. The van der Waals surface area contributed by atoms with Crippen LogP contribution >= 0.6 is 11.8 Å². The molecule has 72 valence electrons. The van der Waals surface area contributed by atoms with Crippen LogP contribution in [0.1, 0.15) is 0 Å². The molecule has 1 aromatic carbocycles. The van der Waals surface area contributed by atoms with Crippen molar-refractivity contribution in [1.82, 2.24) is 0 Å². The normalized spacial score (nSPS) is 11.3. The van der Waals surface area contributed by atoms with Gasteiger partial charge in [-0.2, -0.15) is 0 Å². The number of nitrogens with zero attached hydrogens (tertiary/aromatic N) is 1. The van der Waals surface area contributed by atoms with Crippen LogP contribution in [0.2, 0.25) is 0 Å². The van der Waals surface area contributed by atoms with Crippen molar-refractivity contribution in [3.8, 4) is 0 Å². The third kappa shape index (κ3) is 2.56. The molecule has 0 aliphatic carbocycles. The summed E-state index contributed by atoms with van der Waals surface area (Å²) < 4.78 is 22.5. The van der Waals surface area contributed by atoms with Crippen LogP contribution in [0.4, 0.5) is 5.69 Å². The Bertz CT molecular complexity index is 387. The molecule has 0 unspecified atom stereocenters. The van der Waals surface area contributed by atoms with E-state index in [2.05, 4.69) is 0 Å². The molecule has 1 rings (SSSR count). The van der Waals surface area contributed by atoms with Gasteiger partial charge in [0.2, 0.25) is 10.0 Å². The number of nitrogens with two attached hydrogens (primary N) is 2. The van der Waals surface area contributed by atoms with Gasteiger partial charge in [0, 0.05) is 11.8 Å². The van der Waals surface area contributed by atoms with Crippen LogP contribution in [0, 0.1) is 0 Å². The van der Waals surface area contributed by atoms with Crippen molar-refractivity contribution in [2.45, 2.75) is 4.90 Å². The highest BCUT2D eigenvalue weighted by atomic mass is 35.5. The number of sulfonamides is 1. The lowest BCUT2D eigenvalue weighted by Gasteiger charge is -2.07. The van der Waals surface area contributed by atoms with Gasteiger partial charge in [0.1, 0.15) is 0 Å². The second kappa shape index (κ2) is 3.51. The van der Waals surface area contributed by atoms with Gasteiger partial charge >= 0.3 is 0 Å². The number of hydrazine groups is 1. The quantitative estimate of drug-likeness (QED) is 0.423. The van der Waals surface area contributed by atoms with E-state index < -0.39 is 10.0 Å². The van der Waals surface area contributed by atoms with Gasteiger partial charge in [-0.25, -0.2) is 23.9 Å². The average molecular weight is 222 g/mol. The summed E-state index contributed by atoms with van der Waals surface area (Å²) in [6.45, 7) is 0. The molecule has 7 heteroatoms. The number of benzene rings is 1. The standard InChI is InChI=1S/C6H8ClN3O2S/c7-10(8)5-1-3-6(4-2-5)13(9,11)12/h1-4H,8H2,(H2,9,11,12). The van der Waals surface area contributed by atoms with Crippen LogP contribution in [0.5, 0.6) is 0 Å². The van der Waals surface area contributed by atoms with Crippen molar-refractivity contribution in [3.05, 3.63) is 24.3 Å². The Kier molecular flexibility index (Phi) is 2.77. The fraction of sp³-hybridized carbons (Fsp3) is 0. The van der Waals surface area contributed by atoms with E-state index in [4.69, 9.17) is 22.8 Å². The molecule has 4 N–H and O–H groups in total. The van der Waals surface area contributed by atoms with E-state index in [9.17, 15) is 8.42 Å². The molecular formula is C6H8ClN3O2S. The summed E-state index contributed by atoms with van der Waals surface area (Å²) in [5.74, 6) is 5.19. The van der Waals surface area contributed by atoms with Gasteiger partial charge < -0.3 is 0 Å². The molecule has 0 radical (unpaired) electrons. The minimum Gasteiger partial charge on any atom is -0.232 e. The van der Waals surface area contributed by atoms with Crippen molar-refractivity contribution >= 4 is 27.5 Å². The summed E-state index contributed by atoms with van der Waals surface area (Å²) in [5.41, 5.74) is 0.481. The first kappa shape index (κ1) is 10.3. The molecule has 0 aliphatic rings. The van der Waals surface area contributed by atoms with E-state index in [1.807, 2.05) is 0 Å². The number of anilines is 1. The minimum atomic E-state index is -3.65. The molecule has 1 aromatic rings. The lowest BCUT2D eigenvalue weighted by molar-refractivity contribution is 0.598. The molecule has 0 aliphatic heterocycles. The summed E-state index contributed by atoms with van der Waals surface area (Å²) in [6.07, 6.45) is 0. The van der Waals surface area contributed by atoms with E-state index in [0.717, 1.165) is 4.53 Å². The van der Waals surface area contributed by atoms with Gasteiger partial charge in [0.05, 0.1) is 10.6 Å². The third-order valence-corrected chi connectivity index (χ3v) is 2.54. The van der Waals surface area contributed by atoms with Crippen molar-refractivity contribution in [2.24, 2.45) is 11.0 Å². The van der Waals surface area contributed by atoms with Gasteiger partial charge in [-0.05, 0) is 24.3 Å². The molecule has 5 nitrogen and oxygen atoms in total. The maximum Gasteiger partial charge on any atom is 0.238 e. The zero-order valence-corrected chi connectivity index (χ0v) is 8.09. The fourth-order valence-corrected chi connectivity index (χ4v) is 1.41. The third-order valence-electron chi connectivity index (χ3n) is 1.41. The van der Waals surface area contributed by atoms with Crippen LogP contribution in [0.3, 0.4) is 0 Å². The van der Waals surface area contributed by atoms with E-state index in [1.165, 1.54) is 24.3 Å². The monoisotopic (exact) mass is 221 g/mol. The van der Waals surface area contributed by atoms with Crippen molar-refractivity contribution in [1.29, 1.82) is 0 Å². The smallest absolute Gasteiger partial charge is 0.232 e. The Hall–Kier alpha value is -0.820. The highest BCUT2D eigenvalue weighted by molar-refractivity contribution is 7.89. The summed E-state index contributed by atoms with van der Waals surface area (Å²) in [4.78, 5) is 0.0229. The Morgan fingerprint density at radius 2 is 1.69 bits per heavy atom. The van der Waals surface area contributed by atoms with Crippen LogP contribution < -0.4 is 15.5 Å². The molecule has 0 amide bonds. The Balaban J connectivity index is 3.08. The molecule has 0 saturated heterocycles. The predicted octanol–water partition coefficient (Wildman–Crippen LogP) is 0.168. The highest BCUT2D eigenvalue weighted by Crippen LogP contribution is 2.15. The largest absolute Gasteiger partial charge is 0.238 e. The van der Waals surface area contributed by atoms with Gasteiger partial charge in [0.15, 0.2) is 0 Å². The van der Waals surface area contributed by atoms with Crippen LogP contribution in [0.15, 0.2) is 29.2 Å². The van der Waals surface area contributed by atoms with Crippen LogP contribution in [-0.4, -0.2) is 8.42 Å². The summed E-state index contributed by atoms with van der Waals surface area (Å²) in [5, 5.41) is 4.88. The van der Waals surface area contributed by atoms with Crippen molar-refractivity contribution < 1.29 is 8.42 Å². The van der Waals surface area contributed by atoms with Crippen molar-refractivity contribution in [2.75, 3.05) is 4.53 Å². The van der Waals surface area contributed by atoms with Gasteiger partial charge in [-0.15, -0.1) is 0 Å².